The number of amides is 4. The van der Waals surface area contributed by atoms with Crippen LogP contribution in [0.5, 0.6) is 0 Å². The number of benzene rings is 2. The van der Waals surface area contributed by atoms with Crippen molar-refractivity contribution < 1.29 is 9.59 Å². The molecule has 6 nitrogen and oxygen atoms in total. The van der Waals surface area contributed by atoms with Crippen LogP contribution in [0.25, 0.3) is 0 Å². The first kappa shape index (κ1) is 27.6. The number of urea groups is 2. The first-order valence-electron chi connectivity index (χ1n) is 13.7. The number of nitrogens with one attached hydrogen (secondary N) is 4. The molecule has 2 aromatic carbocycles. The van der Waals surface area contributed by atoms with Crippen molar-refractivity contribution in [2.45, 2.75) is 78.1 Å². The van der Waals surface area contributed by atoms with Crippen LogP contribution < -0.4 is 21.3 Å². The van der Waals surface area contributed by atoms with Gasteiger partial charge in [-0.1, -0.05) is 58.4 Å². The summed E-state index contributed by atoms with van der Waals surface area (Å²) in [6, 6.07) is 15.9. The highest BCUT2D eigenvalue weighted by Gasteiger charge is 2.23. The molecule has 4 N–H and O–H groups in total. The standard InChI is InChI=1S/C30H44N4O2/c1-5-21(3)25-10-14-27(15-11-25)33-29(35)31-19-23-8-7-9-24(18-23)20-32-30(36)34-28-16-12-26(13-17-28)22(4)6-2/h10-17,21-24H,5-9,18-20H2,1-4H3,(H2,31,33,35)(H2,32,34,36)/t21-,22-,23+,24+/m0/s1. The summed E-state index contributed by atoms with van der Waals surface area (Å²) in [5.41, 5.74) is 4.20. The molecular weight excluding hydrogens is 448 g/mol. The molecule has 4 amide bonds. The van der Waals surface area contributed by atoms with E-state index in [-0.39, 0.29) is 12.1 Å². The lowest BCUT2D eigenvalue weighted by Gasteiger charge is -2.29. The Kier molecular flexibility index (Phi) is 10.6. The van der Waals surface area contributed by atoms with Gasteiger partial charge < -0.3 is 21.3 Å². The average molecular weight is 493 g/mol. The Bertz CT molecular complexity index is 880. The summed E-state index contributed by atoms with van der Waals surface area (Å²) >= 11 is 0. The highest BCUT2D eigenvalue weighted by atomic mass is 16.2. The molecule has 0 heterocycles. The predicted octanol–water partition coefficient (Wildman–Crippen LogP) is 7.46. The van der Waals surface area contributed by atoms with Gasteiger partial charge in [-0.25, -0.2) is 9.59 Å². The second-order valence-electron chi connectivity index (χ2n) is 10.4. The zero-order valence-electron chi connectivity index (χ0n) is 22.4. The minimum atomic E-state index is -0.162. The molecule has 2 aromatic rings. The molecule has 0 unspecified atom stereocenters. The van der Waals surface area contributed by atoms with Crippen LogP contribution in [0.3, 0.4) is 0 Å². The van der Waals surface area contributed by atoms with Gasteiger partial charge in [0.1, 0.15) is 0 Å². The molecule has 3 rings (SSSR count). The Balaban J connectivity index is 1.36. The molecule has 1 saturated carbocycles. The van der Waals surface area contributed by atoms with E-state index in [0.717, 1.165) is 49.9 Å². The summed E-state index contributed by atoms with van der Waals surface area (Å²) in [5.74, 6) is 1.91. The summed E-state index contributed by atoms with van der Waals surface area (Å²) in [7, 11) is 0. The van der Waals surface area contributed by atoms with Gasteiger partial charge in [0.2, 0.25) is 0 Å². The van der Waals surface area contributed by atoms with Crippen molar-refractivity contribution in [2.75, 3.05) is 23.7 Å². The highest BCUT2D eigenvalue weighted by molar-refractivity contribution is 5.89. The van der Waals surface area contributed by atoms with Crippen LogP contribution in [-0.4, -0.2) is 25.2 Å². The quantitative estimate of drug-likeness (QED) is 0.277. The molecule has 196 valence electrons. The second kappa shape index (κ2) is 13.9. The topological polar surface area (TPSA) is 82.3 Å². The van der Waals surface area contributed by atoms with Crippen LogP contribution in [0.4, 0.5) is 21.0 Å². The maximum atomic E-state index is 12.4. The molecular formula is C30H44N4O2. The Morgan fingerprint density at radius 3 is 1.47 bits per heavy atom. The van der Waals surface area contributed by atoms with Crippen LogP contribution >= 0.6 is 0 Å². The Hall–Kier alpha value is -3.02. The van der Waals surface area contributed by atoms with Gasteiger partial charge in [-0.05, 0) is 91.2 Å². The zero-order chi connectivity index (χ0) is 25.9. The van der Waals surface area contributed by atoms with Crippen LogP contribution in [0.15, 0.2) is 48.5 Å². The molecule has 6 heteroatoms. The van der Waals surface area contributed by atoms with Crippen molar-refractivity contribution in [3.05, 3.63) is 59.7 Å². The van der Waals surface area contributed by atoms with E-state index in [9.17, 15) is 9.59 Å². The van der Waals surface area contributed by atoms with Crippen molar-refractivity contribution in [2.24, 2.45) is 11.8 Å². The van der Waals surface area contributed by atoms with Gasteiger partial charge in [-0.2, -0.15) is 0 Å². The Morgan fingerprint density at radius 1 is 0.722 bits per heavy atom. The third-order valence-corrected chi connectivity index (χ3v) is 7.69. The van der Waals surface area contributed by atoms with E-state index >= 15 is 0 Å². The van der Waals surface area contributed by atoms with Gasteiger partial charge in [-0.3, -0.25) is 0 Å². The molecule has 0 bridgehead atoms. The van der Waals surface area contributed by atoms with Gasteiger partial charge in [-0.15, -0.1) is 0 Å². The van der Waals surface area contributed by atoms with E-state index < -0.39 is 0 Å². The Morgan fingerprint density at radius 2 is 1.11 bits per heavy atom. The lowest BCUT2D eigenvalue weighted by atomic mass is 9.81. The fourth-order valence-electron chi connectivity index (χ4n) is 4.86. The maximum Gasteiger partial charge on any atom is 0.319 e. The van der Waals surface area contributed by atoms with E-state index in [1.54, 1.807) is 0 Å². The molecule has 4 atom stereocenters. The summed E-state index contributed by atoms with van der Waals surface area (Å²) in [4.78, 5) is 24.8. The molecule has 0 saturated heterocycles. The molecule has 1 aliphatic rings. The van der Waals surface area contributed by atoms with Crippen LogP contribution in [0.2, 0.25) is 0 Å². The summed E-state index contributed by atoms with van der Waals surface area (Å²) in [6.07, 6.45) is 6.54. The number of carbonyl (C=O) groups excluding carboxylic acids is 2. The number of hydrogen-bond acceptors (Lipinski definition) is 2. The molecule has 1 aliphatic carbocycles. The molecule has 0 spiro atoms. The van der Waals surface area contributed by atoms with E-state index in [4.69, 9.17) is 0 Å². The normalized spacial score (nSPS) is 19.1. The summed E-state index contributed by atoms with van der Waals surface area (Å²) in [6.45, 7) is 10.1. The fourth-order valence-corrected chi connectivity index (χ4v) is 4.86. The second-order valence-corrected chi connectivity index (χ2v) is 10.4. The van der Waals surface area contributed by atoms with Crippen LogP contribution in [0.1, 0.15) is 89.2 Å². The molecule has 0 aliphatic heterocycles. The minimum Gasteiger partial charge on any atom is -0.338 e. The van der Waals surface area contributed by atoms with Crippen molar-refractivity contribution in [1.82, 2.24) is 10.6 Å². The molecule has 1 fully saturated rings. The van der Waals surface area contributed by atoms with E-state index in [1.807, 2.05) is 24.3 Å². The number of hydrogen-bond donors (Lipinski definition) is 4. The number of rotatable bonds is 10. The molecule has 36 heavy (non-hydrogen) atoms. The van der Waals surface area contributed by atoms with E-state index in [1.165, 1.54) is 11.1 Å². The van der Waals surface area contributed by atoms with Crippen LogP contribution in [-0.2, 0) is 0 Å². The van der Waals surface area contributed by atoms with E-state index in [2.05, 4.69) is 73.2 Å². The average Bonchev–Trinajstić information content (AvgIpc) is 2.91. The van der Waals surface area contributed by atoms with Gasteiger partial charge in [0.15, 0.2) is 0 Å². The van der Waals surface area contributed by atoms with Crippen molar-refractivity contribution in [1.29, 1.82) is 0 Å². The molecule has 0 aromatic heterocycles. The van der Waals surface area contributed by atoms with E-state index in [0.29, 0.717) is 36.8 Å². The lowest BCUT2D eigenvalue weighted by molar-refractivity contribution is 0.230. The lowest BCUT2D eigenvalue weighted by Crippen LogP contribution is -2.38. The Labute approximate surface area is 217 Å². The highest BCUT2D eigenvalue weighted by Crippen LogP contribution is 2.28. The van der Waals surface area contributed by atoms with Crippen molar-refractivity contribution in [3.63, 3.8) is 0 Å². The smallest absolute Gasteiger partial charge is 0.319 e. The van der Waals surface area contributed by atoms with Crippen molar-refractivity contribution >= 4 is 23.4 Å². The summed E-state index contributed by atoms with van der Waals surface area (Å²) in [5, 5.41) is 11.9. The molecule has 0 radical (unpaired) electrons. The van der Waals surface area contributed by atoms with Crippen LogP contribution in [0, 0.1) is 11.8 Å². The summed E-state index contributed by atoms with van der Waals surface area (Å²) < 4.78 is 0. The largest absolute Gasteiger partial charge is 0.338 e. The zero-order valence-corrected chi connectivity index (χ0v) is 22.4. The SMILES string of the molecule is CC[C@H](C)c1ccc(NC(=O)NC[C@@H]2CCC[C@@H](CNC(=O)Nc3ccc([C@@H](C)CC)cc3)C2)cc1. The fraction of sp³-hybridized carbons (Fsp3) is 0.533. The number of anilines is 2. The van der Waals surface area contributed by atoms with Gasteiger partial charge in [0.25, 0.3) is 0 Å². The third-order valence-electron chi connectivity index (χ3n) is 7.69. The van der Waals surface area contributed by atoms with Gasteiger partial charge in [0, 0.05) is 24.5 Å². The third kappa shape index (κ3) is 8.58. The predicted molar refractivity (Wildman–Crippen MR) is 150 cm³/mol. The van der Waals surface area contributed by atoms with Gasteiger partial charge in [0.05, 0.1) is 0 Å². The maximum absolute atomic E-state index is 12.4. The minimum absolute atomic E-state index is 0.162. The number of carbonyl (C=O) groups is 2. The first-order valence-corrected chi connectivity index (χ1v) is 13.7. The first-order chi connectivity index (χ1) is 17.4. The van der Waals surface area contributed by atoms with Gasteiger partial charge >= 0.3 is 12.1 Å². The van der Waals surface area contributed by atoms with Crippen molar-refractivity contribution in [3.8, 4) is 0 Å². The monoisotopic (exact) mass is 492 g/mol.